The summed E-state index contributed by atoms with van der Waals surface area (Å²) in [7, 11) is -1.79. The van der Waals surface area contributed by atoms with Crippen LogP contribution in [0.3, 0.4) is 0 Å². The van der Waals surface area contributed by atoms with Gasteiger partial charge in [0.05, 0.1) is 17.8 Å². The summed E-state index contributed by atoms with van der Waals surface area (Å²) < 4.78 is 15.0. The van der Waals surface area contributed by atoms with E-state index in [4.69, 9.17) is 29.7 Å². The minimum Gasteiger partial charge on any atom is -0.512 e. The largest absolute Gasteiger partial charge is 0.707 e. The molecule has 4 N–H and O–H groups in total. The molecule has 1 unspecified atom stereocenters. The van der Waals surface area contributed by atoms with Crippen molar-refractivity contribution in [3.63, 3.8) is 0 Å². The molecule has 8 heteroatoms. The summed E-state index contributed by atoms with van der Waals surface area (Å²) in [6.45, 7) is 7.61. The number of benzene rings is 1. The lowest BCUT2D eigenvalue weighted by atomic mass is 9.90. The van der Waals surface area contributed by atoms with Crippen molar-refractivity contribution in [3.05, 3.63) is 24.3 Å². The van der Waals surface area contributed by atoms with Crippen molar-refractivity contribution in [3.8, 4) is 11.5 Å². The first-order chi connectivity index (χ1) is 10.5. The van der Waals surface area contributed by atoms with Crippen LogP contribution >= 0.6 is 0 Å². The molecule has 130 valence electrons. The van der Waals surface area contributed by atoms with Crippen molar-refractivity contribution < 1.29 is 34.4 Å². The minimum absolute atomic E-state index is 0.222. The van der Waals surface area contributed by atoms with Crippen LogP contribution in [-0.4, -0.2) is 58.1 Å². The van der Waals surface area contributed by atoms with Gasteiger partial charge in [-0.15, -0.1) is 0 Å². The zero-order chi connectivity index (χ0) is 17.7. The molecule has 0 radical (unpaired) electrons. The second kappa shape index (κ2) is 7.98. The minimum atomic E-state index is -1.79. The van der Waals surface area contributed by atoms with Gasteiger partial charge in [-0.3, -0.25) is 0 Å². The van der Waals surface area contributed by atoms with Crippen LogP contribution in [-0.2, 0) is 4.74 Å². The SMILES string of the molecule is CC(C)(O)C(C)(C)O.OB(O)Oc1ccc(OCC2CO2)cc1. The van der Waals surface area contributed by atoms with Gasteiger partial charge in [0.15, 0.2) is 0 Å². The fraction of sp³-hybridized carbons (Fsp3) is 0.600. The molecule has 0 aliphatic carbocycles. The van der Waals surface area contributed by atoms with Gasteiger partial charge in [0, 0.05) is 0 Å². The normalized spacial score (nSPS) is 17.0. The van der Waals surface area contributed by atoms with Gasteiger partial charge in [-0.2, -0.15) is 0 Å². The highest BCUT2D eigenvalue weighted by Crippen LogP contribution is 2.20. The van der Waals surface area contributed by atoms with E-state index in [-0.39, 0.29) is 6.10 Å². The van der Waals surface area contributed by atoms with Gasteiger partial charge >= 0.3 is 7.32 Å². The van der Waals surface area contributed by atoms with Crippen molar-refractivity contribution in [2.75, 3.05) is 13.2 Å². The number of epoxide rings is 1. The molecule has 1 saturated heterocycles. The average Bonchev–Trinajstić information content (AvgIpc) is 3.20. The first kappa shape index (κ1) is 19.7. The first-order valence-electron chi connectivity index (χ1n) is 7.31. The van der Waals surface area contributed by atoms with E-state index in [1.54, 1.807) is 52.0 Å². The smallest absolute Gasteiger partial charge is 0.512 e. The van der Waals surface area contributed by atoms with E-state index in [1.807, 2.05) is 0 Å². The fourth-order valence-electron chi connectivity index (χ4n) is 1.09. The van der Waals surface area contributed by atoms with Gasteiger partial charge < -0.3 is 34.4 Å². The van der Waals surface area contributed by atoms with Gasteiger partial charge in [0.2, 0.25) is 0 Å². The number of ether oxygens (including phenoxy) is 2. The number of rotatable bonds is 6. The third-order valence-electron chi connectivity index (χ3n) is 3.40. The van der Waals surface area contributed by atoms with Crippen LogP contribution in [0.2, 0.25) is 0 Å². The molecule has 0 aromatic heterocycles. The van der Waals surface area contributed by atoms with Crippen molar-refractivity contribution in [1.29, 1.82) is 0 Å². The maximum atomic E-state index is 9.10. The van der Waals surface area contributed by atoms with Crippen LogP contribution < -0.4 is 9.39 Å². The Morgan fingerprint density at radius 1 is 1.04 bits per heavy atom. The molecule has 1 aliphatic heterocycles. The Kier molecular flexibility index (Phi) is 6.85. The van der Waals surface area contributed by atoms with E-state index < -0.39 is 18.5 Å². The lowest BCUT2D eigenvalue weighted by molar-refractivity contribution is -0.107. The topological polar surface area (TPSA) is 112 Å². The van der Waals surface area contributed by atoms with Crippen LogP contribution in [0.25, 0.3) is 0 Å². The van der Waals surface area contributed by atoms with Crippen molar-refractivity contribution in [1.82, 2.24) is 0 Å². The maximum Gasteiger partial charge on any atom is 0.707 e. The third kappa shape index (κ3) is 8.20. The van der Waals surface area contributed by atoms with Gasteiger partial charge in [0.25, 0.3) is 0 Å². The Hall–Kier alpha value is -1.32. The molecular formula is C15H25BO7. The summed E-state index contributed by atoms with van der Waals surface area (Å²) in [5.41, 5.74) is -2.01. The highest BCUT2D eigenvalue weighted by Gasteiger charge is 2.31. The highest BCUT2D eigenvalue weighted by molar-refractivity contribution is 6.33. The van der Waals surface area contributed by atoms with Gasteiger partial charge in [-0.05, 0) is 52.0 Å². The third-order valence-corrected chi connectivity index (χ3v) is 3.40. The summed E-state index contributed by atoms with van der Waals surface area (Å²) in [5, 5.41) is 35.3. The van der Waals surface area contributed by atoms with Crippen LogP contribution in [0.5, 0.6) is 11.5 Å². The second-order valence-electron chi connectivity index (χ2n) is 6.30. The summed E-state index contributed by atoms with van der Waals surface area (Å²) in [5.74, 6) is 1.07. The van der Waals surface area contributed by atoms with Crippen molar-refractivity contribution in [2.45, 2.75) is 45.0 Å². The molecule has 2 rings (SSSR count). The maximum absolute atomic E-state index is 9.10. The molecular weight excluding hydrogens is 303 g/mol. The Morgan fingerprint density at radius 3 is 1.83 bits per heavy atom. The van der Waals surface area contributed by atoms with E-state index in [0.29, 0.717) is 18.1 Å². The molecule has 1 aromatic carbocycles. The average molecular weight is 328 g/mol. The monoisotopic (exact) mass is 328 g/mol. The molecule has 7 nitrogen and oxygen atoms in total. The van der Waals surface area contributed by atoms with Crippen molar-refractivity contribution >= 4 is 7.32 Å². The Balaban J connectivity index is 0.000000284. The number of hydrogen-bond acceptors (Lipinski definition) is 7. The molecule has 23 heavy (non-hydrogen) atoms. The first-order valence-corrected chi connectivity index (χ1v) is 7.31. The van der Waals surface area contributed by atoms with Gasteiger partial charge in [-0.1, -0.05) is 0 Å². The standard InChI is InChI=1S/C9H11BO5.C6H14O2/c11-10(12)15-8-3-1-7(2-4-8)13-5-9-6-14-9;1-5(2,7)6(3,4)8/h1-4,9,11-12H,5-6H2;7-8H,1-4H3. The molecule has 0 bridgehead atoms. The fourth-order valence-corrected chi connectivity index (χ4v) is 1.09. The molecule has 0 amide bonds. The Bertz CT molecular complexity index is 446. The molecule has 1 fully saturated rings. The summed E-state index contributed by atoms with van der Waals surface area (Å²) in [4.78, 5) is 0. The lowest BCUT2D eigenvalue weighted by Crippen LogP contribution is -2.44. The van der Waals surface area contributed by atoms with Crippen molar-refractivity contribution in [2.24, 2.45) is 0 Å². The molecule has 1 heterocycles. The Morgan fingerprint density at radius 2 is 1.48 bits per heavy atom. The second-order valence-corrected chi connectivity index (χ2v) is 6.30. The summed E-state index contributed by atoms with van der Waals surface area (Å²) in [6.07, 6.45) is 0.222. The van der Waals surface area contributed by atoms with E-state index >= 15 is 0 Å². The van der Waals surface area contributed by atoms with Crippen LogP contribution in [0.1, 0.15) is 27.7 Å². The van der Waals surface area contributed by atoms with Gasteiger partial charge in [0.1, 0.15) is 24.2 Å². The van der Waals surface area contributed by atoms with E-state index in [2.05, 4.69) is 4.65 Å². The number of aliphatic hydroxyl groups is 2. The summed E-state index contributed by atoms with van der Waals surface area (Å²) in [6, 6.07) is 6.59. The number of hydrogen-bond donors (Lipinski definition) is 4. The quantitative estimate of drug-likeness (QED) is 0.440. The molecule has 0 spiro atoms. The van der Waals surface area contributed by atoms with Crippen LogP contribution in [0.4, 0.5) is 0 Å². The molecule has 0 saturated carbocycles. The van der Waals surface area contributed by atoms with Crippen LogP contribution in [0.15, 0.2) is 24.3 Å². The molecule has 1 aliphatic rings. The lowest BCUT2D eigenvalue weighted by Gasteiger charge is -2.31. The predicted octanol–water partition coefficient (Wildman–Crippen LogP) is 0.341. The Labute approximate surface area is 136 Å². The van der Waals surface area contributed by atoms with E-state index in [1.165, 1.54) is 0 Å². The summed E-state index contributed by atoms with van der Waals surface area (Å²) >= 11 is 0. The zero-order valence-electron chi connectivity index (χ0n) is 13.9. The van der Waals surface area contributed by atoms with Gasteiger partial charge in [-0.25, -0.2) is 0 Å². The molecule has 1 atom stereocenters. The zero-order valence-corrected chi connectivity index (χ0v) is 13.9. The van der Waals surface area contributed by atoms with E-state index in [9.17, 15) is 0 Å². The molecule has 1 aromatic rings. The van der Waals surface area contributed by atoms with Crippen LogP contribution in [0, 0.1) is 0 Å². The predicted molar refractivity (Wildman–Crippen MR) is 85.1 cm³/mol. The van der Waals surface area contributed by atoms with E-state index in [0.717, 1.165) is 6.61 Å². The highest BCUT2D eigenvalue weighted by atomic mass is 16.6.